The summed E-state index contributed by atoms with van der Waals surface area (Å²) in [5.74, 6) is 0.568. The topological polar surface area (TPSA) is 39.1 Å². The van der Waals surface area contributed by atoms with Crippen molar-refractivity contribution < 1.29 is 0 Å². The molecule has 3 nitrogen and oxygen atoms in total. The largest absolute Gasteiger partial charge is 0.380 e. The molecule has 0 aromatic heterocycles. The summed E-state index contributed by atoms with van der Waals surface area (Å²) in [7, 11) is 2.15. The number of fused-ring (bicyclic) bond motifs is 3. The molecule has 1 N–H and O–H groups in total. The second-order valence-electron chi connectivity index (χ2n) is 4.49. The molecule has 0 spiro atoms. The van der Waals surface area contributed by atoms with E-state index in [9.17, 15) is 0 Å². The summed E-state index contributed by atoms with van der Waals surface area (Å²) in [5.41, 5.74) is 3.31. The summed E-state index contributed by atoms with van der Waals surface area (Å²) in [6.07, 6.45) is 0. The summed E-state index contributed by atoms with van der Waals surface area (Å²) in [5, 5.41) is 12.4. The van der Waals surface area contributed by atoms with Gasteiger partial charge in [0.25, 0.3) is 0 Å². The highest BCUT2D eigenvalue weighted by Crippen LogP contribution is 2.40. The van der Waals surface area contributed by atoms with Gasteiger partial charge in [-0.1, -0.05) is 0 Å². The Kier molecular flexibility index (Phi) is 1.74. The van der Waals surface area contributed by atoms with Crippen molar-refractivity contribution in [1.82, 2.24) is 4.90 Å². The van der Waals surface area contributed by atoms with E-state index in [2.05, 4.69) is 23.3 Å². The van der Waals surface area contributed by atoms with E-state index in [-0.39, 0.29) is 0 Å². The minimum atomic E-state index is 0.541. The Hall–Kier alpha value is -1.53. The van der Waals surface area contributed by atoms with Gasteiger partial charge in [0.05, 0.1) is 11.6 Å². The van der Waals surface area contributed by atoms with Gasteiger partial charge in [-0.05, 0) is 30.8 Å². The van der Waals surface area contributed by atoms with Crippen LogP contribution in [0, 0.1) is 11.3 Å². The zero-order valence-electron chi connectivity index (χ0n) is 8.70. The molecule has 1 aromatic carbocycles. The standard InChI is InChI=1S/C12H13N3/c1-15-6-10-9-4-8(5-13)2-3-11(9)14-12(10)7-15/h2-4,10,12,14H,6-7H2,1H3. The molecule has 1 saturated heterocycles. The highest BCUT2D eigenvalue weighted by molar-refractivity contribution is 5.62. The van der Waals surface area contributed by atoms with E-state index in [0.29, 0.717) is 12.0 Å². The molecule has 0 amide bonds. The van der Waals surface area contributed by atoms with E-state index in [0.717, 1.165) is 18.7 Å². The number of nitriles is 1. The summed E-state index contributed by atoms with van der Waals surface area (Å²) in [6.45, 7) is 2.20. The molecule has 2 unspecified atom stereocenters. The van der Waals surface area contributed by atoms with Crippen molar-refractivity contribution in [2.24, 2.45) is 0 Å². The third-order valence-corrected chi connectivity index (χ3v) is 3.42. The highest BCUT2D eigenvalue weighted by atomic mass is 15.2. The fraction of sp³-hybridized carbons (Fsp3) is 0.417. The van der Waals surface area contributed by atoms with E-state index < -0.39 is 0 Å². The average Bonchev–Trinajstić information content (AvgIpc) is 2.73. The van der Waals surface area contributed by atoms with Crippen LogP contribution in [0.2, 0.25) is 0 Å². The smallest absolute Gasteiger partial charge is 0.0991 e. The van der Waals surface area contributed by atoms with Gasteiger partial charge in [0.1, 0.15) is 0 Å². The Morgan fingerprint density at radius 2 is 2.33 bits per heavy atom. The number of anilines is 1. The number of hydrogen-bond donors (Lipinski definition) is 1. The summed E-state index contributed by atoms with van der Waals surface area (Å²) < 4.78 is 0. The maximum absolute atomic E-state index is 8.88. The quantitative estimate of drug-likeness (QED) is 0.686. The van der Waals surface area contributed by atoms with Crippen molar-refractivity contribution >= 4 is 5.69 Å². The maximum atomic E-state index is 8.88. The molecule has 76 valence electrons. The van der Waals surface area contributed by atoms with E-state index >= 15 is 0 Å². The Balaban J connectivity index is 2.03. The molecule has 3 heteroatoms. The minimum absolute atomic E-state index is 0.541. The molecular formula is C12H13N3. The van der Waals surface area contributed by atoms with Crippen LogP contribution in [0.4, 0.5) is 5.69 Å². The van der Waals surface area contributed by atoms with E-state index in [4.69, 9.17) is 5.26 Å². The van der Waals surface area contributed by atoms with Crippen LogP contribution in [0.15, 0.2) is 18.2 Å². The lowest BCUT2D eigenvalue weighted by Gasteiger charge is -2.10. The van der Waals surface area contributed by atoms with Gasteiger partial charge in [-0.3, -0.25) is 0 Å². The van der Waals surface area contributed by atoms with Gasteiger partial charge in [0.15, 0.2) is 0 Å². The van der Waals surface area contributed by atoms with Crippen molar-refractivity contribution in [3.05, 3.63) is 29.3 Å². The number of nitrogens with zero attached hydrogens (tertiary/aromatic N) is 2. The second-order valence-corrected chi connectivity index (χ2v) is 4.49. The number of hydrogen-bond acceptors (Lipinski definition) is 3. The van der Waals surface area contributed by atoms with Crippen LogP contribution in [-0.2, 0) is 0 Å². The number of likely N-dealkylation sites (N-methyl/N-ethyl adjacent to an activating group) is 1. The van der Waals surface area contributed by atoms with Crippen molar-refractivity contribution in [3.63, 3.8) is 0 Å². The summed E-state index contributed by atoms with van der Waals surface area (Å²) in [4.78, 5) is 2.34. The Bertz CT molecular complexity index is 447. The molecule has 2 heterocycles. The van der Waals surface area contributed by atoms with Gasteiger partial charge >= 0.3 is 0 Å². The lowest BCUT2D eigenvalue weighted by molar-refractivity contribution is 0.408. The Labute approximate surface area is 89.3 Å². The van der Waals surface area contributed by atoms with E-state index in [1.54, 1.807) is 0 Å². The van der Waals surface area contributed by atoms with Gasteiger partial charge in [-0.15, -0.1) is 0 Å². The van der Waals surface area contributed by atoms with Crippen LogP contribution in [-0.4, -0.2) is 31.1 Å². The maximum Gasteiger partial charge on any atom is 0.0991 e. The summed E-state index contributed by atoms with van der Waals surface area (Å²) in [6, 6.07) is 8.70. The first-order valence-electron chi connectivity index (χ1n) is 5.27. The van der Waals surface area contributed by atoms with Gasteiger partial charge in [0.2, 0.25) is 0 Å². The fourth-order valence-electron chi connectivity index (χ4n) is 2.73. The van der Waals surface area contributed by atoms with Gasteiger partial charge in [-0.25, -0.2) is 0 Å². The molecule has 0 radical (unpaired) electrons. The molecule has 0 bridgehead atoms. The zero-order chi connectivity index (χ0) is 10.4. The second kappa shape index (κ2) is 2.98. The molecule has 15 heavy (non-hydrogen) atoms. The van der Waals surface area contributed by atoms with E-state index in [1.165, 1.54) is 11.3 Å². The molecule has 2 aliphatic rings. The van der Waals surface area contributed by atoms with Crippen LogP contribution >= 0.6 is 0 Å². The first kappa shape index (κ1) is 8.75. The van der Waals surface area contributed by atoms with Gasteiger partial charge in [0, 0.05) is 30.7 Å². The molecule has 0 aliphatic carbocycles. The third kappa shape index (κ3) is 1.22. The van der Waals surface area contributed by atoms with Crippen LogP contribution in [0.25, 0.3) is 0 Å². The monoisotopic (exact) mass is 199 g/mol. The van der Waals surface area contributed by atoms with Crippen LogP contribution in [0.3, 0.4) is 0 Å². The van der Waals surface area contributed by atoms with Gasteiger partial charge < -0.3 is 10.2 Å². The third-order valence-electron chi connectivity index (χ3n) is 3.42. The molecule has 3 rings (SSSR count). The van der Waals surface area contributed by atoms with E-state index in [1.807, 2.05) is 18.2 Å². The van der Waals surface area contributed by atoms with Crippen LogP contribution in [0.1, 0.15) is 17.0 Å². The zero-order valence-corrected chi connectivity index (χ0v) is 8.70. The van der Waals surface area contributed by atoms with Crippen molar-refractivity contribution in [3.8, 4) is 6.07 Å². The number of benzene rings is 1. The Morgan fingerprint density at radius 3 is 3.13 bits per heavy atom. The van der Waals surface area contributed by atoms with Crippen molar-refractivity contribution in [2.45, 2.75) is 12.0 Å². The Morgan fingerprint density at radius 1 is 1.47 bits per heavy atom. The highest BCUT2D eigenvalue weighted by Gasteiger charge is 2.38. The van der Waals surface area contributed by atoms with Crippen LogP contribution < -0.4 is 5.32 Å². The SMILES string of the molecule is CN1CC2Nc3ccc(C#N)cc3C2C1. The average molecular weight is 199 g/mol. The first-order valence-corrected chi connectivity index (χ1v) is 5.27. The normalized spacial score (nSPS) is 28.0. The molecule has 2 atom stereocenters. The number of rotatable bonds is 0. The predicted molar refractivity (Wildman–Crippen MR) is 58.8 cm³/mol. The molecule has 0 saturated carbocycles. The molecule has 1 aromatic rings. The molecule has 2 aliphatic heterocycles. The minimum Gasteiger partial charge on any atom is -0.380 e. The molecule has 1 fully saturated rings. The lowest BCUT2D eigenvalue weighted by Crippen LogP contribution is -2.22. The number of likely N-dealkylation sites (tertiary alicyclic amines) is 1. The van der Waals surface area contributed by atoms with Crippen molar-refractivity contribution in [1.29, 1.82) is 5.26 Å². The fourth-order valence-corrected chi connectivity index (χ4v) is 2.73. The predicted octanol–water partition coefficient (Wildman–Crippen LogP) is 1.38. The van der Waals surface area contributed by atoms with Crippen LogP contribution in [0.5, 0.6) is 0 Å². The van der Waals surface area contributed by atoms with Crippen molar-refractivity contribution in [2.75, 3.05) is 25.5 Å². The first-order chi connectivity index (χ1) is 7.28. The lowest BCUT2D eigenvalue weighted by atomic mass is 9.97. The molecular weight excluding hydrogens is 186 g/mol. The van der Waals surface area contributed by atoms with Gasteiger partial charge in [-0.2, -0.15) is 5.26 Å². The summed E-state index contributed by atoms with van der Waals surface area (Å²) >= 11 is 0. The number of nitrogens with one attached hydrogen (secondary N) is 1.